The van der Waals surface area contributed by atoms with Crippen molar-refractivity contribution in [2.45, 2.75) is 44.9 Å². The lowest BCUT2D eigenvalue weighted by Gasteiger charge is -2.45. The van der Waals surface area contributed by atoms with Gasteiger partial charge >= 0.3 is 0 Å². The number of aliphatic hydroxyl groups is 1. The van der Waals surface area contributed by atoms with Gasteiger partial charge in [-0.25, -0.2) is 0 Å². The van der Waals surface area contributed by atoms with Crippen LogP contribution in [0, 0.1) is 6.92 Å². The standard InChI is InChI=1S/C17H25NO4/c1-4-22-15-8-17(20,9-15)11-18(12-19)10-14-6-5-13(2)7-16(14)21-3/h5-7,12,15,20H,4,8-11H2,1-3H3. The van der Waals surface area contributed by atoms with Gasteiger partial charge in [0.15, 0.2) is 0 Å². The van der Waals surface area contributed by atoms with Crippen LogP contribution in [-0.2, 0) is 16.1 Å². The molecule has 1 aliphatic carbocycles. The normalized spacial score (nSPS) is 23.7. The molecule has 1 aromatic carbocycles. The number of carbonyl (C=O) groups excluding carboxylic acids is 1. The zero-order valence-electron chi connectivity index (χ0n) is 13.5. The van der Waals surface area contributed by atoms with Crippen LogP contribution in [0.4, 0.5) is 0 Å². The van der Waals surface area contributed by atoms with E-state index in [1.54, 1.807) is 12.0 Å². The lowest BCUT2D eigenvalue weighted by atomic mass is 9.77. The number of aryl methyl sites for hydroxylation is 1. The predicted octanol–water partition coefficient (Wildman–Crippen LogP) is 1.89. The summed E-state index contributed by atoms with van der Waals surface area (Å²) < 4.78 is 10.8. The summed E-state index contributed by atoms with van der Waals surface area (Å²) in [6.07, 6.45) is 2.05. The Morgan fingerprint density at radius 3 is 2.77 bits per heavy atom. The molecule has 22 heavy (non-hydrogen) atoms. The summed E-state index contributed by atoms with van der Waals surface area (Å²) >= 11 is 0. The average molecular weight is 307 g/mol. The van der Waals surface area contributed by atoms with Crippen molar-refractivity contribution in [1.82, 2.24) is 4.90 Å². The second-order valence-corrected chi connectivity index (χ2v) is 6.04. The smallest absolute Gasteiger partial charge is 0.210 e. The summed E-state index contributed by atoms with van der Waals surface area (Å²) in [5.74, 6) is 0.764. The maximum atomic E-state index is 11.3. The molecule has 1 saturated carbocycles. The molecule has 0 unspecified atom stereocenters. The molecule has 1 amide bonds. The number of methoxy groups -OCH3 is 1. The van der Waals surface area contributed by atoms with Crippen molar-refractivity contribution in [3.05, 3.63) is 29.3 Å². The van der Waals surface area contributed by atoms with Gasteiger partial charge in [0.05, 0.1) is 18.8 Å². The van der Waals surface area contributed by atoms with Crippen LogP contribution in [0.25, 0.3) is 0 Å². The fourth-order valence-corrected chi connectivity index (χ4v) is 2.98. The Morgan fingerprint density at radius 1 is 1.45 bits per heavy atom. The Hall–Kier alpha value is -1.59. The van der Waals surface area contributed by atoms with Gasteiger partial charge in [0.25, 0.3) is 0 Å². The molecule has 0 aromatic heterocycles. The van der Waals surface area contributed by atoms with Gasteiger partial charge < -0.3 is 19.5 Å². The zero-order valence-corrected chi connectivity index (χ0v) is 13.5. The Balaban J connectivity index is 1.97. The van der Waals surface area contributed by atoms with Crippen molar-refractivity contribution in [1.29, 1.82) is 0 Å². The number of hydrogen-bond acceptors (Lipinski definition) is 4. The summed E-state index contributed by atoms with van der Waals surface area (Å²) in [6.45, 7) is 5.33. The lowest BCUT2D eigenvalue weighted by Crippen LogP contribution is -2.55. The second-order valence-electron chi connectivity index (χ2n) is 6.04. The highest BCUT2D eigenvalue weighted by molar-refractivity contribution is 5.49. The first-order valence-electron chi connectivity index (χ1n) is 7.66. The third-order valence-corrected chi connectivity index (χ3v) is 4.08. The van der Waals surface area contributed by atoms with E-state index in [-0.39, 0.29) is 6.10 Å². The van der Waals surface area contributed by atoms with Crippen molar-refractivity contribution >= 4 is 6.41 Å². The third-order valence-electron chi connectivity index (χ3n) is 4.08. The number of ether oxygens (including phenoxy) is 2. The van der Waals surface area contributed by atoms with Crippen LogP contribution in [0.5, 0.6) is 5.75 Å². The van der Waals surface area contributed by atoms with Crippen LogP contribution < -0.4 is 4.74 Å². The van der Waals surface area contributed by atoms with Gasteiger partial charge in [0.2, 0.25) is 6.41 Å². The van der Waals surface area contributed by atoms with E-state index in [1.807, 2.05) is 32.0 Å². The van der Waals surface area contributed by atoms with Crippen molar-refractivity contribution < 1.29 is 19.4 Å². The summed E-state index contributed by atoms with van der Waals surface area (Å²) in [6, 6.07) is 5.89. The highest BCUT2D eigenvalue weighted by Gasteiger charge is 2.44. The fraction of sp³-hybridized carbons (Fsp3) is 0.588. The topological polar surface area (TPSA) is 59.0 Å². The minimum Gasteiger partial charge on any atom is -0.496 e. The highest BCUT2D eigenvalue weighted by atomic mass is 16.5. The van der Waals surface area contributed by atoms with Crippen molar-refractivity contribution in [2.24, 2.45) is 0 Å². The maximum Gasteiger partial charge on any atom is 0.210 e. The van der Waals surface area contributed by atoms with Gasteiger partial charge in [-0.3, -0.25) is 4.79 Å². The van der Waals surface area contributed by atoms with E-state index in [1.165, 1.54) is 0 Å². The van der Waals surface area contributed by atoms with Crippen LogP contribution in [0.15, 0.2) is 18.2 Å². The van der Waals surface area contributed by atoms with Crippen molar-refractivity contribution in [3.8, 4) is 5.75 Å². The number of benzene rings is 1. The molecular formula is C17H25NO4. The first kappa shape index (κ1) is 16.8. The van der Waals surface area contributed by atoms with Gasteiger partial charge in [-0.1, -0.05) is 12.1 Å². The first-order chi connectivity index (χ1) is 10.5. The number of amides is 1. The Bertz CT molecular complexity index is 511. The molecule has 0 saturated heterocycles. The van der Waals surface area contributed by atoms with Gasteiger partial charge in [0, 0.05) is 38.1 Å². The zero-order chi connectivity index (χ0) is 16.2. The van der Waals surface area contributed by atoms with Gasteiger partial charge in [-0.15, -0.1) is 0 Å². The molecule has 0 heterocycles. The molecule has 1 N–H and O–H groups in total. The molecule has 5 heteroatoms. The summed E-state index contributed by atoms with van der Waals surface area (Å²) in [4.78, 5) is 12.9. The van der Waals surface area contributed by atoms with E-state index < -0.39 is 5.60 Å². The van der Waals surface area contributed by atoms with Crippen LogP contribution in [-0.4, -0.2) is 48.4 Å². The molecule has 0 atom stereocenters. The summed E-state index contributed by atoms with van der Waals surface area (Å²) in [5.41, 5.74) is 1.21. The second kappa shape index (κ2) is 7.11. The quantitative estimate of drug-likeness (QED) is 0.745. The molecule has 1 aliphatic rings. The first-order valence-corrected chi connectivity index (χ1v) is 7.66. The van der Waals surface area contributed by atoms with Gasteiger partial charge in [-0.2, -0.15) is 0 Å². The van der Waals surface area contributed by atoms with Crippen LogP contribution in [0.2, 0.25) is 0 Å². The molecular weight excluding hydrogens is 282 g/mol. The van der Waals surface area contributed by atoms with E-state index in [0.717, 1.165) is 23.3 Å². The highest BCUT2D eigenvalue weighted by Crippen LogP contribution is 2.35. The molecule has 1 aromatic rings. The van der Waals surface area contributed by atoms with E-state index in [2.05, 4.69) is 0 Å². The molecule has 122 valence electrons. The van der Waals surface area contributed by atoms with E-state index in [0.29, 0.717) is 32.5 Å². The van der Waals surface area contributed by atoms with Crippen molar-refractivity contribution in [2.75, 3.05) is 20.3 Å². The monoisotopic (exact) mass is 307 g/mol. The number of carbonyl (C=O) groups is 1. The fourth-order valence-electron chi connectivity index (χ4n) is 2.98. The Morgan fingerprint density at radius 2 is 2.18 bits per heavy atom. The largest absolute Gasteiger partial charge is 0.496 e. The average Bonchev–Trinajstić information content (AvgIpc) is 2.46. The minimum atomic E-state index is -0.835. The molecule has 2 rings (SSSR count). The third kappa shape index (κ3) is 3.99. The van der Waals surface area contributed by atoms with Crippen LogP contribution in [0.3, 0.4) is 0 Å². The molecule has 0 aliphatic heterocycles. The number of rotatable bonds is 8. The number of nitrogens with zero attached hydrogens (tertiary/aromatic N) is 1. The van der Waals surface area contributed by atoms with Gasteiger partial charge in [-0.05, 0) is 25.5 Å². The SMILES string of the molecule is CCOC1CC(O)(CN(C=O)Cc2ccc(C)cc2OC)C1. The molecule has 1 fully saturated rings. The van der Waals surface area contributed by atoms with Crippen LogP contribution >= 0.6 is 0 Å². The molecule has 0 spiro atoms. The van der Waals surface area contributed by atoms with E-state index >= 15 is 0 Å². The summed E-state index contributed by atoms with van der Waals surface area (Å²) in [5, 5.41) is 10.4. The van der Waals surface area contributed by atoms with E-state index in [9.17, 15) is 9.90 Å². The van der Waals surface area contributed by atoms with E-state index in [4.69, 9.17) is 9.47 Å². The molecule has 0 bridgehead atoms. The summed E-state index contributed by atoms with van der Waals surface area (Å²) in [7, 11) is 1.62. The lowest BCUT2D eigenvalue weighted by molar-refractivity contribution is -0.154. The Labute approximate surface area is 131 Å². The molecule has 0 radical (unpaired) electrons. The maximum absolute atomic E-state index is 11.3. The Kier molecular flexibility index (Phi) is 5.42. The van der Waals surface area contributed by atoms with Crippen LogP contribution in [0.1, 0.15) is 30.9 Å². The number of hydrogen-bond donors (Lipinski definition) is 1. The van der Waals surface area contributed by atoms with Crippen molar-refractivity contribution in [3.63, 3.8) is 0 Å². The minimum absolute atomic E-state index is 0.109. The predicted molar refractivity (Wildman–Crippen MR) is 83.8 cm³/mol. The molecule has 5 nitrogen and oxygen atoms in total. The van der Waals surface area contributed by atoms with Gasteiger partial charge in [0.1, 0.15) is 5.75 Å².